The average Bonchev–Trinajstić information content (AvgIpc) is 2.38. The van der Waals surface area contributed by atoms with E-state index in [0.29, 0.717) is 23.9 Å². The Morgan fingerprint density at radius 3 is 2.83 bits per heavy atom. The molecule has 0 aliphatic rings. The molecule has 5 heteroatoms. The monoisotopic (exact) mass is 285 g/mol. The molecular formula is C13H16ClNO2S. The smallest absolute Gasteiger partial charge is 0.230 e. The molecule has 1 aromatic rings. The Bertz CT molecular complexity index is 381. The van der Waals surface area contributed by atoms with E-state index >= 15 is 0 Å². The highest BCUT2D eigenvalue weighted by Crippen LogP contribution is 2.15. The van der Waals surface area contributed by atoms with Gasteiger partial charge in [-0.25, -0.2) is 0 Å². The molecule has 1 N–H and O–H groups in total. The number of carbonyl (C=O) groups is 1. The van der Waals surface area contributed by atoms with Gasteiger partial charge in [0.05, 0.1) is 12.4 Å². The summed E-state index contributed by atoms with van der Waals surface area (Å²) in [4.78, 5) is 11.2. The van der Waals surface area contributed by atoms with E-state index < -0.39 is 0 Å². The summed E-state index contributed by atoms with van der Waals surface area (Å²) in [6.45, 7) is 4.62. The van der Waals surface area contributed by atoms with Crippen molar-refractivity contribution in [1.82, 2.24) is 5.32 Å². The molecule has 0 atom stereocenters. The molecule has 0 radical (unpaired) electrons. The van der Waals surface area contributed by atoms with Gasteiger partial charge in [0.1, 0.15) is 5.75 Å². The predicted octanol–water partition coefficient (Wildman–Crippen LogP) is 2.75. The van der Waals surface area contributed by atoms with Gasteiger partial charge in [-0.1, -0.05) is 17.7 Å². The standard InChI is InChI=1S/C13H16ClNO2S/c1-2-7-15-13(16)10-18-9-8-17-12-5-3-11(14)4-6-12/h2-6H,1,7-10H2,(H,15,16). The summed E-state index contributed by atoms with van der Waals surface area (Å²) in [5.74, 6) is 2.02. The molecule has 98 valence electrons. The first-order valence-electron chi connectivity index (χ1n) is 5.56. The zero-order valence-corrected chi connectivity index (χ0v) is 11.6. The minimum absolute atomic E-state index is 0.0198. The van der Waals surface area contributed by atoms with Crippen LogP contribution in [-0.4, -0.2) is 30.6 Å². The van der Waals surface area contributed by atoms with E-state index in [2.05, 4.69) is 11.9 Å². The summed E-state index contributed by atoms with van der Waals surface area (Å²) >= 11 is 7.30. The molecule has 0 fully saturated rings. The lowest BCUT2D eigenvalue weighted by Crippen LogP contribution is -2.25. The number of ether oxygens (including phenoxy) is 1. The van der Waals surface area contributed by atoms with Gasteiger partial charge < -0.3 is 10.1 Å². The Labute approximate surface area is 117 Å². The molecule has 1 rings (SSSR count). The van der Waals surface area contributed by atoms with Gasteiger partial charge in [0.25, 0.3) is 0 Å². The van der Waals surface area contributed by atoms with Crippen molar-refractivity contribution in [1.29, 1.82) is 0 Å². The first kappa shape index (κ1) is 14.9. The molecule has 0 saturated carbocycles. The Hall–Kier alpha value is -1.13. The minimum Gasteiger partial charge on any atom is -0.493 e. The molecule has 3 nitrogen and oxygen atoms in total. The van der Waals surface area contributed by atoms with Gasteiger partial charge in [0.2, 0.25) is 5.91 Å². The van der Waals surface area contributed by atoms with Gasteiger partial charge in [-0.2, -0.15) is 0 Å². The maximum atomic E-state index is 11.2. The summed E-state index contributed by atoms with van der Waals surface area (Å²) in [5, 5.41) is 3.40. The van der Waals surface area contributed by atoms with Gasteiger partial charge in [0, 0.05) is 17.3 Å². The quantitative estimate of drug-likeness (QED) is 0.590. The summed E-state index contributed by atoms with van der Waals surface area (Å²) in [5.41, 5.74) is 0. The van der Waals surface area contributed by atoms with Crippen LogP contribution in [0, 0.1) is 0 Å². The van der Waals surface area contributed by atoms with E-state index in [0.717, 1.165) is 11.5 Å². The number of hydrogen-bond donors (Lipinski definition) is 1. The number of nitrogens with one attached hydrogen (secondary N) is 1. The second-order valence-corrected chi connectivity index (χ2v) is 4.99. The molecular weight excluding hydrogens is 270 g/mol. The van der Waals surface area contributed by atoms with E-state index in [-0.39, 0.29) is 5.91 Å². The molecule has 0 aromatic heterocycles. The van der Waals surface area contributed by atoms with E-state index in [4.69, 9.17) is 16.3 Å². The van der Waals surface area contributed by atoms with Crippen LogP contribution in [0.3, 0.4) is 0 Å². The fourth-order valence-electron chi connectivity index (χ4n) is 1.15. The lowest BCUT2D eigenvalue weighted by molar-refractivity contribution is -0.118. The van der Waals surface area contributed by atoms with Crippen molar-refractivity contribution in [3.63, 3.8) is 0 Å². The maximum Gasteiger partial charge on any atom is 0.230 e. The summed E-state index contributed by atoms with van der Waals surface area (Å²) < 4.78 is 5.50. The largest absolute Gasteiger partial charge is 0.493 e. The van der Waals surface area contributed by atoms with Gasteiger partial charge in [-0.05, 0) is 24.3 Å². The third-order valence-electron chi connectivity index (χ3n) is 1.99. The second kappa shape index (κ2) is 8.89. The maximum absolute atomic E-state index is 11.2. The Morgan fingerprint density at radius 2 is 2.17 bits per heavy atom. The van der Waals surface area contributed by atoms with Crippen LogP contribution >= 0.6 is 23.4 Å². The minimum atomic E-state index is 0.0198. The van der Waals surface area contributed by atoms with Gasteiger partial charge in [0.15, 0.2) is 0 Å². The molecule has 0 unspecified atom stereocenters. The average molecular weight is 286 g/mol. The highest BCUT2D eigenvalue weighted by Gasteiger charge is 1.99. The zero-order valence-electron chi connectivity index (χ0n) is 10.0. The van der Waals surface area contributed by atoms with E-state index in [1.54, 1.807) is 18.2 Å². The van der Waals surface area contributed by atoms with E-state index in [1.807, 2.05) is 12.1 Å². The summed E-state index contributed by atoms with van der Waals surface area (Å²) in [6, 6.07) is 7.22. The summed E-state index contributed by atoms with van der Waals surface area (Å²) in [6.07, 6.45) is 1.66. The molecule has 1 amide bonds. The summed E-state index contributed by atoms with van der Waals surface area (Å²) in [7, 11) is 0. The van der Waals surface area contributed by atoms with Crippen molar-refractivity contribution >= 4 is 29.3 Å². The highest BCUT2D eigenvalue weighted by atomic mass is 35.5. The molecule has 1 aromatic carbocycles. The topological polar surface area (TPSA) is 38.3 Å². The van der Waals surface area contributed by atoms with Crippen LogP contribution in [0.15, 0.2) is 36.9 Å². The van der Waals surface area contributed by atoms with Crippen molar-refractivity contribution < 1.29 is 9.53 Å². The Morgan fingerprint density at radius 1 is 1.44 bits per heavy atom. The molecule has 0 spiro atoms. The number of hydrogen-bond acceptors (Lipinski definition) is 3. The van der Waals surface area contributed by atoms with Crippen molar-refractivity contribution in [3.8, 4) is 5.75 Å². The molecule has 0 heterocycles. The fraction of sp³-hybridized carbons (Fsp3) is 0.308. The third-order valence-corrected chi connectivity index (χ3v) is 3.16. The van der Waals surface area contributed by atoms with Crippen LogP contribution < -0.4 is 10.1 Å². The van der Waals surface area contributed by atoms with Gasteiger partial charge >= 0.3 is 0 Å². The van der Waals surface area contributed by atoms with Crippen molar-refractivity contribution in [2.45, 2.75) is 0 Å². The fourth-order valence-corrected chi connectivity index (χ4v) is 1.91. The number of thioether (sulfide) groups is 1. The van der Waals surface area contributed by atoms with Crippen molar-refractivity contribution in [2.24, 2.45) is 0 Å². The number of halogens is 1. The second-order valence-electron chi connectivity index (χ2n) is 3.45. The third kappa shape index (κ3) is 6.57. The van der Waals surface area contributed by atoms with Gasteiger partial charge in [-0.3, -0.25) is 4.79 Å². The van der Waals surface area contributed by atoms with Crippen LogP contribution in [0.1, 0.15) is 0 Å². The molecule has 0 bridgehead atoms. The first-order chi connectivity index (χ1) is 8.72. The number of rotatable bonds is 8. The van der Waals surface area contributed by atoms with Crippen LogP contribution in [-0.2, 0) is 4.79 Å². The highest BCUT2D eigenvalue weighted by molar-refractivity contribution is 7.99. The molecule has 0 aliphatic carbocycles. The van der Waals surface area contributed by atoms with Crippen LogP contribution in [0.25, 0.3) is 0 Å². The lowest BCUT2D eigenvalue weighted by atomic mass is 10.3. The predicted molar refractivity (Wildman–Crippen MR) is 77.5 cm³/mol. The van der Waals surface area contributed by atoms with Crippen molar-refractivity contribution in [2.75, 3.05) is 24.7 Å². The lowest BCUT2D eigenvalue weighted by Gasteiger charge is -2.06. The Kier molecular flexibility index (Phi) is 7.37. The van der Waals surface area contributed by atoms with Gasteiger partial charge in [-0.15, -0.1) is 18.3 Å². The SMILES string of the molecule is C=CCNC(=O)CSCCOc1ccc(Cl)cc1. The number of benzene rings is 1. The number of amides is 1. The molecule has 18 heavy (non-hydrogen) atoms. The Balaban J connectivity index is 2.06. The zero-order chi connectivity index (χ0) is 13.2. The van der Waals surface area contributed by atoms with Crippen LogP contribution in [0.2, 0.25) is 5.02 Å². The van der Waals surface area contributed by atoms with Crippen LogP contribution in [0.4, 0.5) is 0 Å². The number of carbonyl (C=O) groups excluding carboxylic acids is 1. The molecule has 0 saturated heterocycles. The normalized spacial score (nSPS) is 9.83. The molecule has 0 aliphatic heterocycles. The van der Waals surface area contributed by atoms with Crippen molar-refractivity contribution in [3.05, 3.63) is 41.9 Å². The van der Waals surface area contributed by atoms with E-state index in [9.17, 15) is 4.79 Å². The van der Waals surface area contributed by atoms with Crippen LogP contribution in [0.5, 0.6) is 5.75 Å². The first-order valence-corrected chi connectivity index (χ1v) is 7.09. The van der Waals surface area contributed by atoms with E-state index in [1.165, 1.54) is 11.8 Å².